The van der Waals surface area contributed by atoms with Gasteiger partial charge in [0.15, 0.2) is 0 Å². The largest absolute Gasteiger partial charge is 0.310 e. The number of anilines is 3. The molecule has 0 amide bonds. The van der Waals surface area contributed by atoms with Crippen molar-refractivity contribution in [3.63, 3.8) is 0 Å². The molecule has 1 nitrogen and oxygen atoms in total. The molecule has 0 saturated heterocycles. The minimum absolute atomic E-state index is 0.0755. The molecule has 61 heavy (non-hydrogen) atoms. The summed E-state index contributed by atoms with van der Waals surface area (Å²) in [5.41, 5.74) is 22.8. The lowest BCUT2D eigenvalue weighted by Crippen LogP contribution is -2.18. The fourth-order valence-corrected chi connectivity index (χ4v) is 13.1. The quantitative estimate of drug-likeness (QED) is 0.155. The lowest BCUT2D eigenvalue weighted by molar-refractivity contribution is 0.428. The molecule has 0 radical (unpaired) electrons. The van der Waals surface area contributed by atoms with E-state index in [4.69, 9.17) is 0 Å². The van der Waals surface area contributed by atoms with Crippen LogP contribution in [-0.2, 0) is 10.8 Å². The Balaban J connectivity index is 1.06. The van der Waals surface area contributed by atoms with Crippen molar-refractivity contribution in [2.45, 2.75) is 153 Å². The maximum atomic E-state index is 2.75. The molecule has 0 unspecified atom stereocenters. The van der Waals surface area contributed by atoms with E-state index < -0.39 is 0 Å². The second kappa shape index (κ2) is 15.5. The second-order valence-corrected chi connectivity index (χ2v) is 20.8. The first-order valence-corrected chi connectivity index (χ1v) is 24.3. The highest BCUT2D eigenvalue weighted by Gasteiger charge is 2.38. The van der Waals surface area contributed by atoms with Gasteiger partial charge in [0, 0.05) is 27.9 Å². The van der Waals surface area contributed by atoms with Crippen LogP contribution in [0, 0.1) is 0 Å². The molecule has 0 aliphatic heterocycles. The maximum absolute atomic E-state index is 2.75. The molecule has 0 spiro atoms. The van der Waals surface area contributed by atoms with Gasteiger partial charge in [-0.3, -0.25) is 0 Å². The smallest absolute Gasteiger partial charge is 0.0465 e. The molecule has 0 heterocycles. The summed E-state index contributed by atoms with van der Waals surface area (Å²) >= 11 is 0. The van der Waals surface area contributed by atoms with Gasteiger partial charge in [0.2, 0.25) is 0 Å². The van der Waals surface area contributed by atoms with E-state index in [1.807, 2.05) is 0 Å². The van der Waals surface area contributed by atoms with E-state index in [1.165, 1.54) is 163 Å². The van der Waals surface area contributed by atoms with Gasteiger partial charge >= 0.3 is 0 Å². The minimum Gasteiger partial charge on any atom is -0.310 e. The average Bonchev–Trinajstić information content (AvgIpc) is 3.68. The molecule has 3 saturated carbocycles. The first-order chi connectivity index (χ1) is 29.8. The van der Waals surface area contributed by atoms with Crippen LogP contribution >= 0.6 is 0 Å². The standard InChI is InChI=1S/C60H65N/c1-59(2)54-26-16-14-24-48(54)50-34-32-46(38-56(50)59)61(47-33-35-51-49-25-15-17-27-55(49)60(3,4)57(51)39-47)45-30-28-43(29-31-45)58-52(41-20-10-6-11-21-41)36-44(40-18-8-5-9-19-40)37-53(58)42-22-12-7-13-23-42/h14-17,24-42H,5-13,18-23H2,1-4H3. The van der Waals surface area contributed by atoms with E-state index in [0.29, 0.717) is 11.8 Å². The van der Waals surface area contributed by atoms with Gasteiger partial charge in [-0.1, -0.05) is 170 Å². The van der Waals surface area contributed by atoms with E-state index in [0.717, 1.165) is 5.92 Å². The molecule has 3 fully saturated rings. The van der Waals surface area contributed by atoms with Crippen LogP contribution in [-0.4, -0.2) is 0 Å². The number of rotatable bonds is 7. The van der Waals surface area contributed by atoms with Crippen LogP contribution in [0.4, 0.5) is 17.1 Å². The second-order valence-electron chi connectivity index (χ2n) is 20.8. The van der Waals surface area contributed by atoms with E-state index >= 15 is 0 Å². The van der Waals surface area contributed by atoms with Crippen LogP contribution in [0.2, 0.25) is 0 Å². The molecule has 11 rings (SSSR count). The Labute approximate surface area is 366 Å². The Morgan fingerprint density at radius 2 is 0.770 bits per heavy atom. The molecule has 5 aliphatic rings. The third kappa shape index (κ3) is 6.63. The summed E-state index contributed by atoms with van der Waals surface area (Å²) in [6.45, 7) is 9.62. The fourth-order valence-electron chi connectivity index (χ4n) is 13.1. The third-order valence-electron chi connectivity index (χ3n) is 16.5. The molecule has 310 valence electrons. The molecule has 1 heteroatoms. The maximum Gasteiger partial charge on any atom is 0.0465 e. The molecular formula is C60H65N. The molecule has 0 N–H and O–H groups in total. The number of nitrogens with zero attached hydrogens (tertiary/aromatic N) is 1. The topological polar surface area (TPSA) is 3.24 Å². The van der Waals surface area contributed by atoms with Gasteiger partial charge in [0.25, 0.3) is 0 Å². The van der Waals surface area contributed by atoms with Crippen LogP contribution in [0.5, 0.6) is 0 Å². The summed E-state index contributed by atoms with van der Waals surface area (Å²) in [7, 11) is 0. The van der Waals surface area contributed by atoms with Crippen molar-refractivity contribution in [1.29, 1.82) is 0 Å². The predicted molar refractivity (Wildman–Crippen MR) is 259 cm³/mol. The predicted octanol–water partition coefficient (Wildman–Crippen LogP) is 17.6. The van der Waals surface area contributed by atoms with E-state index in [2.05, 4.69) is 154 Å². The Bertz CT molecular complexity index is 2440. The Hall–Kier alpha value is -4.88. The van der Waals surface area contributed by atoms with Crippen molar-refractivity contribution in [3.05, 3.63) is 160 Å². The number of fused-ring (bicyclic) bond motifs is 6. The van der Waals surface area contributed by atoms with E-state index in [9.17, 15) is 0 Å². The zero-order chi connectivity index (χ0) is 41.3. The lowest BCUT2D eigenvalue weighted by atomic mass is 9.72. The monoisotopic (exact) mass is 800 g/mol. The zero-order valence-electron chi connectivity index (χ0n) is 37.3. The van der Waals surface area contributed by atoms with Crippen LogP contribution in [0.15, 0.2) is 121 Å². The van der Waals surface area contributed by atoms with Crippen LogP contribution in [0.1, 0.15) is 181 Å². The van der Waals surface area contributed by atoms with Gasteiger partial charge in [0.05, 0.1) is 0 Å². The first kappa shape index (κ1) is 39.0. The first-order valence-electron chi connectivity index (χ1n) is 24.3. The van der Waals surface area contributed by atoms with Crippen LogP contribution < -0.4 is 4.90 Å². The van der Waals surface area contributed by atoms with Crippen molar-refractivity contribution in [1.82, 2.24) is 0 Å². The average molecular weight is 800 g/mol. The molecule has 0 aromatic heterocycles. The summed E-state index contributed by atoms with van der Waals surface area (Å²) in [5, 5.41) is 0. The van der Waals surface area contributed by atoms with Gasteiger partial charge in [-0.05, 0) is 165 Å². The van der Waals surface area contributed by atoms with Gasteiger partial charge in [0.1, 0.15) is 0 Å². The van der Waals surface area contributed by atoms with Crippen molar-refractivity contribution in [3.8, 4) is 33.4 Å². The normalized spacial score (nSPS) is 19.5. The van der Waals surface area contributed by atoms with E-state index in [-0.39, 0.29) is 10.8 Å². The molecule has 0 bridgehead atoms. The number of hydrogen-bond donors (Lipinski definition) is 0. The lowest BCUT2D eigenvalue weighted by Gasteiger charge is -2.33. The number of hydrogen-bond acceptors (Lipinski definition) is 1. The summed E-state index contributed by atoms with van der Waals surface area (Å²) in [6, 6.07) is 48.1. The zero-order valence-corrected chi connectivity index (χ0v) is 37.3. The highest BCUT2D eigenvalue weighted by atomic mass is 15.1. The summed E-state index contributed by atoms with van der Waals surface area (Å²) < 4.78 is 0. The van der Waals surface area contributed by atoms with Gasteiger partial charge < -0.3 is 4.90 Å². The summed E-state index contributed by atoms with van der Waals surface area (Å²) in [4.78, 5) is 2.55. The summed E-state index contributed by atoms with van der Waals surface area (Å²) in [6.07, 6.45) is 20.6. The molecule has 6 aromatic carbocycles. The van der Waals surface area contributed by atoms with Crippen LogP contribution in [0.3, 0.4) is 0 Å². The fraction of sp³-hybridized carbons (Fsp3) is 0.400. The minimum atomic E-state index is -0.0755. The third-order valence-corrected chi connectivity index (χ3v) is 16.5. The summed E-state index contributed by atoms with van der Waals surface area (Å²) in [5.74, 6) is 2.07. The molecule has 5 aliphatic carbocycles. The van der Waals surface area contributed by atoms with Crippen molar-refractivity contribution >= 4 is 17.1 Å². The highest BCUT2D eigenvalue weighted by Crippen LogP contribution is 2.54. The Morgan fingerprint density at radius 1 is 0.377 bits per heavy atom. The van der Waals surface area contributed by atoms with Gasteiger partial charge in [-0.2, -0.15) is 0 Å². The molecular weight excluding hydrogens is 735 g/mol. The molecule has 6 aromatic rings. The van der Waals surface area contributed by atoms with Crippen molar-refractivity contribution in [2.24, 2.45) is 0 Å². The number of benzene rings is 6. The van der Waals surface area contributed by atoms with E-state index in [1.54, 1.807) is 22.3 Å². The van der Waals surface area contributed by atoms with Crippen molar-refractivity contribution in [2.75, 3.05) is 4.90 Å². The Morgan fingerprint density at radius 3 is 1.23 bits per heavy atom. The SMILES string of the molecule is CC1(C)c2ccccc2-c2ccc(N(c3ccc(-c4c(C5CCCCC5)cc(C5CCCCC5)cc4C4CCCCC4)cc3)c3ccc4c(c3)C(C)(C)c3ccccc3-4)cc21. The van der Waals surface area contributed by atoms with Gasteiger partial charge in [-0.15, -0.1) is 0 Å². The van der Waals surface area contributed by atoms with Crippen molar-refractivity contribution < 1.29 is 0 Å². The molecule has 0 atom stereocenters. The van der Waals surface area contributed by atoms with Crippen LogP contribution in [0.25, 0.3) is 33.4 Å². The van der Waals surface area contributed by atoms with Gasteiger partial charge in [-0.25, -0.2) is 0 Å². The Kier molecular flexibility index (Phi) is 9.90. The highest BCUT2D eigenvalue weighted by molar-refractivity contribution is 5.89.